The van der Waals surface area contributed by atoms with Gasteiger partial charge in [0.05, 0.1) is 5.69 Å². The first-order valence-electron chi connectivity index (χ1n) is 4.52. The molecule has 0 atom stereocenters. The molecule has 0 aliphatic heterocycles. The van der Waals surface area contributed by atoms with Gasteiger partial charge in [0.1, 0.15) is 5.82 Å². The van der Waals surface area contributed by atoms with Gasteiger partial charge in [-0.2, -0.15) is 11.8 Å². The molecule has 0 unspecified atom stereocenters. The summed E-state index contributed by atoms with van der Waals surface area (Å²) in [4.78, 5) is 0. The molecule has 0 radical (unpaired) electrons. The van der Waals surface area contributed by atoms with E-state index in [2.05, 4.69) is 5.32 Å². The highest BCUT2D eigenvalue weighted by atomic mass is 32.2. The zero-order valence-electron chi connectivity index (χ0n) is 8.32. The summed E-state index contributed by atoms with van der Waals surface area (Å²) in [5.41, 5.74) is -0.117. The quantitative estimate of drug-likeness (QED) is 0.621. The van der Waals surface area contributed by atoms with E-state index >= 15 is 0 Å². The SMILES string of the molecule is CSCCCNc1cc(F)cc(F)c1F. The number of benzene rings is 1. The van der Waals surface area contributed by atoms with Crippen molar-refractivity contribution < 1.29 is 13.2 Å². The molecule has 1 aromatic carbocycles. The third kappa shape index (κ3) is 3.66. The Kier molecular flexibility index (Phi) is 4.81. The van der Waals surface area contributed by atoms with Crippen molar-refractivity contribution in [3.05, 3.63) is 29.6 Å². The van der Waals surface area contributed by atoms with Gasteiger partial charge in [0.25, 0.3) is 0 Å². The zero-order valence-corrected chi connectivity index (χ0v) is 9.13. The van der Waals surface area contributed by atoms with Crippen molar-refractivity contribution in [1.82, 2.24) is 0 Å². The number of hydrogen-bond donors (Lipinski definition) is 1. The highest BCUT2D eigenvalue weighted by Gasteiger charge is 2.09. The summed E-state index contributed by atoms with van der Waals surface area (Å²) in [7, 11) is 0. The highest BCUT2D eigenvalue weighted by Crippen LogP contribution is 2.18. The minimum atomic E-state index is -1.16. The van der Waals surface area contributed by atoms with Crippen molar-refractivity contribution in [2.24, 2.45) is 0 Å². The second-order valence-corrected chi connectivity index (χ2v) is 4.01. The first-order chi connectivity index (χ1) is 7.15. The van der Waals surface area contributed by atoms with Crippen LogP contribution in [0.4, 0.5) is 18.9 Å². The molecular weight excluding hydrogens is 223 g/mol. The summed E-state index contributed by atoms with van der Waals surface area (Å²) < 4.78 is 38.6. The second kappa shape index (κ2) is 5.90. The molecule has 84 valence electrons. The third-order valence-corrected chi connectivity index (χ3v) is 2.53. The van der Waals surface area contributed by atoms with Gasteiger partial charge in [-0.15, -0.1) is 0 Å². The van der Waals surface area contributed by atoms with Gasteiger partial charge in [-0.05, 0) is 18.4 Å². The van der Waals surface area contributed by atoms with Gasteiger partial charge >= 0.3 is 0 Å². The van der Waals surface area contributed by atoms with E-state index in [4.69, 9.17) is 0 Å². The van der Waals surface area contributed by atoms with Gasteiger partial charge in [0.15, 0.2) is 11.6 Å². The second-order valence-electron chi connectivity index (χ2n) is 3.02. The third-order valence-electron chi connectivity index (χ3n) is 1.83. The van der Waals surface area contributed by atoms with Crippen molar-refractivity contribution in [3.8, 4) is 0 Å². The minimum Gasteiger partial charge on any atom is -0.382 e. The van der Waals surface area contributed by atoms with Gasteiger partial charge in [0, 0.05) is 18.7 Å². The van der Waals surface area contributed by atoms with Crippen LogP contribution in [0.1, 0.15) is 6.42 Å². The Bertz CT molecular complexity index is 331. The van der Waals surface area contributed by atoms with E-state index in [0.29, 0.717) is 12.6 Å². The molecule has 0 spiro atoms. The number of rotatable bonds is 5. The molecule has 0 amide bonds. The van der Waals surface area contributed by atoms with Crippen LogP contribution in [-0.4, -0.2) is 18.6 Å². The van der Waals surface area contributed by atoms with E-state index in [-0.39, 0.29) is 5.69 Å². The Morgan fingerprint density at radius 3 is 2.67 bits per heavy atom. The summed E-state index contributed by atoms with van der Waals surface area (Å²) in [5, 5.41) is 2.66. The topological polar surface area (TPSA) is 12.0 Å². The van der Waals surface area contributed by atoms with Crippen LogP contribution < -0.4 is 5.32 Å². The zero-order chi connectivity index (χ0) is 11.3. The van der Waals surface area contributed by atoms with E-state index in [1.807, 2.05) is 6.26 Å². The molecular formula is C10H12F3NS. The molecule has 0 heterocycles. The smallest absolute Gasteiger partial charge is 0.182 e. The Balaban J connectivity index is 2.60. The Labute approximate surface area is 91.1 Å². The summed E-state index contributed by atoms with van der Waals surface area (Å²) in [6, 6.07) is 1.49. The molecule has 0 bridgehead atoms. The van der Waals surface area contributed by atoms with Crippen molar-refractivity contribution in [2.75, 3.05) is 23.9 Å². The van der Waals surface area contributed by atoms with Gasteiger partial charge in [-0.25, -0.2) is 13.2 Å². The van der Waals surface area contributed by atoms with Crippen LogP contribution in [0.3, 0.4) is 0 Å². The van der Waals surface area contributed by atoms with Crippen LogP contribution in [0.25, 0.3) is 0 Å². The number of halogens is 3. The molecule has 0 aromatic heterocycles. The number of nitrogens with one attached hydrogen (secondary N) is 1. The Hall–Kier alpha value is -0.840. The Morgan fingerprint density at radius 2 is 2.00 bits per heavy atom. The van der Waals surface area contributed by atoms with E-state index in [1.165, 1.54) is 0 Å². The van der Waals surface area contributed by atoms with Gasteiger partial charge in [-0.3, -0.25) is 0 Å². The monoisotopic (exact) mass is 235 g/mol. The van der Waals surface area contributed by atoms with Crippen LogP contribution in [0.5, 0.6) is 0 Å². The number of hydrogen-bond acceptors (Lipinski definition) is 2. The summed E-state index contributed by atoms with van der Waals surface area (Å²) >= 11 is 1.67. The fourth-order valence-electron chi connectivity index (χ4n) is 1.12. The molecule has 1 rings (SSSR count). The lowest BCUT2D eigenvalue weighted by molar-refractivity contribution is 0.497. The highest BCUT2D eigenvalue weighted by molar-refractivity contribution is 7.98. The first kappa shape index (κ1) is 12.2. The molecule has 0 saturated heterocycles. The molecule has 0 aliphatic rings. The van der Waals surface area contributed by atoms with Crippen molar-refractivity contribution >= 4 is 17.4 Å². The molecule has 5 heteroatoms. The predicted octanol–water partition coefficient (Wildman–Crippen LogP) is 3.27. The van der Waals surface area contributed by atoms with Crippen LogP contribution in [-0.2, 0) is 0 Å². The standard InChI is InChI=1S/C10H12F3NS/c1-15-4-2-3-14-9-6-7(11)5-8(12)10(9)13/h5-6,14H,2-4H2,1H3. The van der Waals surface area contributed by atoms with E-state index in [9.17, 15) is 13.2 Å². The average Bonchev–Trinajstić information content (AvgIpc) is 2.19. The van der Waals surface area contributed by atoms with Gasteiger partial charge in [-0.1, -0.05) is 0 Å². The molecule has 1 nitrogen and oxygen atoms in total. The Morgan fingerprint density at radius 1 is 1.27 bits per heavy atom. The largest absolute Gasteiger partial charge is 0.382 e. The van der Waals surface area contributed by atoms with Crippen LogP contribution in [0, 0.1) is 17.5 Å². The number of anilines is 1. The van der Waals surface area contributed by atoms with Gasteiger partial charge in [0.2, 0.25) is 0 Å². The van der Waals surface area contributed by atoms with Gasteiger partial charge < -0.3 is 5.32 Å². The average molecular weight is 235 g/mol. The van der Waals surface area contributed by atoms with E-state index < -0.39 is 17.5 Å². The minimum absolute atomic E-state index is 0.117. The molecule has 0 aliphatic carbocycles. The predicted molar refractivity (Wildman–Crippen MR) is 57.8 cm³/mol. The molecule has 0 fully saturated rings. The molecule has 0 saturated carbocycles. The van der Waals surface area contributed by atoms with Crippen LogP contribution in [0.15, 0.2) is 12.1 Å². The molecule has 1 aromatic rings. The first-order valence-corrected chi connectivity index (χ1v) is 5.92. The van der Waals surface area contributed by atoms with Crippen molar-refractivity contribution in [3.63, 3.8) is 0 Å². The van der Waals surface area contributed by atoms with Crippen LogP contribution in [0.2, 0.25) is 0 Å². The lowest BCUT2D eigenvalue weighted by Gasteiger charge is -2.07. The fourth-order valence-corrected chi connectivity index (χ4v) is 1.56. The lowest BCUT2D eigenvalue weighted by atomic mass is 10.2. The number of thioether (sulfide) groups is 1. The summed E-state index contributed by atoms with van der Waals surface area (Å²) in [6.45, 7) is 0.501. The lowest BCUT2D eigenvalue weighted by Crippen LogP contribution is -2.06. The van der Waals surface area contributed by atoms with Crippen molar-refractivity contribution in [2.45, 2.75) is 6.42 Å². The van der Waals surface area contributed by atoms with Crippen molar-refractivity contribution in [1.29, 1.82) is 0 Å². The van der Waals surface area contributed by atoms with Crippen LogP contribution >= 0.6 is 11.8 Å². The normalized spacial score (nSPS) is 10.4. The van der Waals surface area contributed by atoms with E-state index in [1.54, 1.807) is 11.8 Å². The maximum absolute atomic E-state index is 13.1. The summed E-state index contributed by atoms with van der Waals surface area (Å²) in [5.74, 6) is -2.05. The molecule has 15 heavy (non-hydrogen) atoms. The maximum atomic E-state index is 13.1. The molecule has 1 N–H and O–H groups in total. The maximum Gasteiger partial charge on any atom is 0.182 e. The summed E-state index contributed by atoms with van der Waals surface area (Å²) in [6.07, 6.45) is 2.78. The fraction of sp³-hybridized carbons (Fsp3) is 0.400. The van der Waals surface area contributed by atoms with E-state index in [0.717, 1.165) is 18.2 Å².